The monoisotopic (exact) mass is 340 g/mol. The van der Waals surface area contributed by atoms with Crippen LogP contribution < -0.4 is 0 Å². The summed E-state index contributed by atoms with van der Waals surface area (Å²) in [7, 11) is 1.74. The molecule has 2 unspecified atom stereocenters. The van der Waals surface area contributed by atoms with Crippen molar-refractivity contribution in [2.75, 3.05) is 33.4 Å². The summed E-state index contributed by atoms with van der Waals surface area (Å²) in [6.07, 6.45) is 4.73. The molecule has 25 heavy (non-hydrogen) atoms. The number of benzene rings is 1. The maximum Gasteiger partial charge on any atom is 0.254 e. The quantitative estimate of drug-likeness (QED) is 0.859. The van der Waals surface area contributed by atoms with Crippen LogP contribution in [0.1, 0.15) is 29.6 Å². The van der Waals surface area contributed by atoms with Crippen LogP contribution in [0.5, 0.6) is 0 Å². The standard InChI is InChI=1S/C20H24N2O3/c1-24-11-7-15-12-20(25-13-15)8-10-22(14-20)19(23)17-4-2-6-18-16(17)5-3-9-21-18/h2-6,9,15H,7-8,10-14H2,1H3. The topological polar surface area (TPSA) is 51.7 Å². The molecular weight excluding hydrogens is 316 g/mol. The maximum absolute atomic E-state index is 13.1. The molecular formula is C20H24N2O3. The summed E-state index contributed by atoms with van der Waals surface area (Å²) in [6, 6.07) is 9.59. The summed E-state index contributed by atoms with van der Waals surface area (Å²) < 4.78 is 11.3. The normalized spacial score (nSPS) is 26.0. The SMILES string of the molecule is COCCC1COC2(CCN(C(=O)c3cccc4ncccc34)C2)C1. The summed E-state index contributed by atoms with van der Waals surface area (Å²) in [4.78, 5) is 19.4. The van der Waals surface area contributed by atoms with Crippen molar-refractivity contribution in [3.8, 4) is 0 Å². The van der Waals surface area contributed by atoms with Gasteiger partial charge in [0.25, 0.3) is 5.91 Å². The number of aromatic nitrogens is 1. The van der Waals surface area contributed by atoms with Crippen molar-refractivity contribution in [2.45, 2.75) is 24.9 Å². The van der Waals surface area contributed by atoms with Crippen molar-refractivity contribution in [3.63, 3.8) is 0 Å². The highest BCUT2D eigenvalue weighted by Crippen LogP contribution is 2.39. The molecule has 1 aromatic carbocycles. The Bertz CT molecular complexity index is 773. The van der Waals surface area contributed by atoms with Crippen LogP contribution in [0.2, 0.25) is 0 Å². The minimum Gasteiger partial charge on any atom is -0.385 e. The smallest absolute Gasteiger partial charge is 0.254 e. The second-order valence-corrected chi connectivity index (χ2v) is 7.20. The predicted octanol–water partition coefficient (Wildman–Crippen LogP) is 2.89. The average Bonchev–Trinajstić information content (AvgIpc) is 3.26. The van der Waals surface area contributed by atoms with Gasteiger partial charge >= 0.3 is 0 Å². The molecule has 132 valence electrons. The van der Waals surface area contributed by atoms with Crippen LogP contribution >= 0.6 is 0 Å². The van der Waals surface area contributed by atoms with E-state index in [1.807, 2.05) is 35.2 Å². The fourth-order valence-electron chi connectivity index (χ4n) is 4.17. The zero-order valence-electron chi connectivity index (χ0n) is 14.6. The number of ether oxygens (including phenoxy) is 2. The van der Waals surface area contributed by atoms with Gasteiger partial charge in [0.1, 0.15) is 0 Å². The first-order valence-electron chi connectivity index (χ1n) is 8.97. The van der Waals surface area contributed by atoms with Gasteiger partial charge in [-0.2, -0.15) is 0 Å². The van der Waals surface area contributed by atoms with Gasteiger partial charge in [-0.1, -0.05) is 12.1 Å². The minimum absolute atomic E-state index is 0.0828. The number of carbonyl (C=O) groups excluding carboxylic acids is 1. The van der Waals surface area contributed by atoms with Gasteiger partial charge < -0.3 is 14.4 Å². The van der Waals surface area contributed by atoms with Crippen LogP contribution in [0.15, 0.2) is 36.5 Å². The van der Waals surface area contributed by atoms with Gasteiger partial charge in [-0.25, -0.2) is 0 Å². The molecule has 4 rings (SSSR count). The number of pyridine rings is 1. The molecule has 2 atom stereocenters. The molecule has 0 radical (unpaired) electrons. The summed E-state index contributed by atoms with van der Waals surface area (Å²) >= 11 is 0. The first kappa shape index (κ1) is 16.5. The Balaban J connectivity index is 1.49. The van der Waals surface area contributed by atoms with E-state index < -0.39 is 0 Å². The first-order chi connectivity index (χ1) is 12.2. The second kappa shape index (κ2) is 6.73. The Hall–Kier alpha value is -1.98. The molecule has 1 amide bonds. The fraction of sp³-hybridized carbons (Fsp3) is 0.500. The van der Waals surface area contributed by atoms with Gasteiger partial charge in [-0.3, -0.25) is 9.78 Å². The van der Waals surface area contributed by atoms with Crippen molar-refractivity contribution in [2.24, 2.45) is 5.92 Å². The van der Waals surface area contributed by atoms with Gasteiger partial charge in [0.05, 0.1) is 24.3 Å². The number of hydrogen-bond donors (Lipinski definition) is 0. The van der Waals surface area contributed by atoms with E-state index in [-0.39, 0.29) is 11.5 Å². The average molecular weight is 340 g/mol. The van der Waals surface area contributed by atoms with Crippen molar-refractivity contribution in [3.05, 3.63) is 42.1 Å². The van der Waals surface area contributed by atoms with E-state index in [4.69, 9.17) is 9.47 Å². The maximum atomic E-state index is 13.1. The van der Waals surface area contributed by atoms with E-state index >= 15 is 0 Å². The van der Waals surface area contributed by atoms with Crippen LogP contribution in [0.25, 0.3) is 10.9 Å². The van der Waals surface area contributed by atoms with E-state index in [2.05, 4.69) is 4.98 Å². The Kier molecular flexibility index (Phi) is 4.44. The van der Waals surface area contributed by atoms with Gasteiger partial charge in [0.15, 0.2) is 0 Å². The number of carbonyl (C=O) groups is 1. The summed E-state index contributed by atoms with van der Waals surface area (Å²) in [5.41, 5.74) is 1.44. The van der Waals surface area contributed by atoms with Crippen LogP contribution in [-0.4, -0.2) is 54.8 Å². The van der Waals surface area contributed by atoms with E-state index in [1.165, 1.54) is 0 Å². The van der Waals surface area contributed by atoms with Gasteiger partial charge in [-0.15, -0.1) is 0 Å². The molecule has 0 bridgehead atoms. The highest BCUT2D eigenvalue weighted by atomic mass is 16.5. The third-order valence-electron chi connectivity index (χ3n) is 5.50. The molecule has 2 saturated heterocycles. The first-order valence-corrected chi connectivity index (χ1v) is 8.97. The molecule has 1 aromatic heterocycles. The number of fused-ring (bicyclic) bond motifs is 1. The van der Waals surface area contributed by atoms with Gasteiger partial charge in [0.2, 0.25) is 0 Å². The lowest BCUT2D eigenvalue weighted by molar-refractivity contribution is 0.0113. The molecule has 1 spiro atoms. The number of rotatable bonds is 4. The van der Waals surface area contributed by atoms with Crippen LogP contribution in [0.3, 0.4) is 0 Å². The van der Waals surface area contributed by atoms with Crippen molar-refractivity contribution in [1.82, 2.24) is 9.88 Å². The summed E-state index contributed by atoms with van der Waals surface area (Å²) in [6.45, 7) is 3.00. The van der Waals surface area contributed by atoms with Crippen molar-refractivity contribution >= 4 is 16.8 Å². The van der Waals surface area contributed by atoms with Gasteiger partial charge in [-0.05, 0) is 43.4 Å². The lowest BCUT2D eigenvalue weighted by Gasteiger charge is -2.24. The molecule has 5 nitrogen and oxygen atoms in total. The Morgan fingerprint density at radius 3 is 3.20 bits per heavy atom. The zero-order chi connectivity index (χ0) is 17.3. The predicted molar refractivity (Wildman–Crippen MR) is 95.5 cm³/mol. The lowest BCUT2D eigenvalue weighted by Crippen LogP contribution is -2.35. The molecule has 2 fully saturated rings. The second-order valence-electron chi connectivity index (χ2n) is 7.20. The van der Waals surface area contributed by atoms with Gasteiger partial charge in [0, 0.05) is 37.4 Å². The molecule has 0 saturated carbocycles. The third kappa shape index (κ3) is 3.14. The Labute approximate surface area is 147 Å². The lowest BCUT2D eigenvalue weighted by atomic mass is 9.92. The molecule has 0 aliphatic carbocycles. The largest absolute Gasteiger partial charge is 0.385 e. The summed E-state index contributed by atoms with van der Waals surface area (Å²) in [5.74, 6) is 0.621. The number of methoxy groups -OCH3 is 1. The number of likely N-dealkylation sites (tertiary alicyclic amines) is 1. The zero-order valence-corrected chi connectivity index (χ0v) is 14.6. The number of nitrogens with zero attached hydrogens (tertiary/aromatic N) is 2. The van der Waals surface area contributed by atoms with Crippen LogP contribution in [-0.2, 0) is 9.47 Å². The third-order valence-corrected chi connectivity index (χ3v) is 5.50. The highest BCUT2D eigenvalue weighted by Gasteiger charge is 2.46. The van der Waals surface area contributed by atoms with E-state index in [9.17, 15) is 4.79 Å². The van der Waals surface area contributed by atoms with E-state index in [0.717, 1.165) is 55.5 Å². The van der Waals surface area contributed by atoms with Crippen molar-refractivity contribution < 1.29 is 14.3 Å². The van der Waals surface area contributed by atoms with Crippen LogP contribution in [0, 0.1) is 5.92 Å². The molecule has 2 aliphatic rings. The molecule has 2 aliphatic heterocycles. The number of amides is 1. The Morgan fingerprint density at radius 1 is 1.40 bits per heavy atom. The Morgan fingerprint density at radius 2 is 2.32 bits per heavy atom. The van der Waals surface area contributed by atoms with Crippen LogP contribution in [0.4, 0.5) is 0 Å². The molecule has 2 aromatic rings. The van der Waals surface area contributed by atoms with E-state index in [0.29, 0.717) is 12.5 Å². The van der Waals surface area contributed by atoms with E-state index in [1.54, 1.807) is 13.3 Å². The van der Waals surface area contributed by atoms with Crippen molar-refractivity contribution in [1.29, 1.82) is 0 Å². The molecule has 5 heteroatoms. The summed E-state index contributed by atoms with van der Waals surface area (Å²) in [5, 5.41) is 0.918. The highest BCUT2D eigenvalue weighted by molar-refractivity contribution is 6.06. The number of hydrogen-bond acceptors (Lipinski definition) is 4. The molecule has 0 N–H and O–H groups in total. The molecule has 3 heterocycles. The fourth-order valence-corrected chi connectivity index (χ4v) is 4.17. The minimum atomic E-state index is -0.156.